The number of carbonyl (C=O) groups excluding carboxylic acids is 10. The van der Waals surface area contributed by atoms with Crippen LogP contribution in [0.25, 0.3) is 0 Å². The van der Waals surface area contributed by atoms with Crippen LogP contribution in [0.1, 0.15) is 202 Å². The maximum absolute atomic E-state index is 14.4. The van der Waals surface area contributed by atoms with E-state index >= 15 is 0 Å². The van der Waals surface area contributed by atoms with Gasteiger partial charge in [0.25, 0.3) is 5.91 Å². The van der Waals surface area contributed by atoms with Crippen molar-refractivity contribution < 1.29 is 52.4 Å². The minimum atomic E-state index is -1.64. The van der Waals surface area contributed by atoms with Crippen LogP contribution in [0.4, 0.5) is 0 Å². The summed E-state index contributed by atoms with van der Waals surface area (Å²) in [5.74, 6) is -5.27. The third-order valence-corrected chi connectivity index (χ3v) is 15.9. The zero-order chi connectivity index (χ0) is 62.2. The topological polar surface area (TPSA) is 311 Å². The Hall–Kier alpha value is -6.13. The molecule has 1 saturated heterocycles. The third-order valence-electron chi connectivity index (χ3n) is 15.9. The van der Waals surface area contributed by atoms with Gasteiger partial charge < -0.3 is 62.1 Å². The van der Waals surface area contributed by atoms with E-state index in [9.17, 15) is 47.9 Å². The molecule has 2 heterocycles. The fourth-order valence-electron chi connectivity index (χ4n) is 11.1. The number of carbonyl (C=O) groups is 10. The van der Waals surface area contributed by atoms with Gasteiger partial charge in [-0.3, -0.25) is 47.9 Å². The number of likely N-dealkylation sites (N-methyl/N-ethyl adjacent to an activating group) is 1. The number of oxazole rings is 1. The molecule has 0 unspecified atom stereocenters. The van der Waals surface area contributed by atoms with Gasteiger partial charge in [-0.2, -0.15) is 0 Å². The largest absolute Gasteiger partial charge is 0.448 e. The second kappa shape index (κ2) is 30.6. The van der Waals surface area contributed by atoms with E-state index in [0.29, 0.717) is 44.0 Å². The molecule has 4 rings (SSSR count). The molecule has 1 aromatic heterocycles. The van der Waals surface area contributed by atoms with E-state index in [-0.39, 0.29) is 67.1 Å². The molecular formula is C60H102N12O11. The summed E-state index contributed by atoms with van der Waals surface area (Å²) in [6.07, 6.45) is 11.9. The summed E-state index contributed by atoms with van der Waals surface area (Å²) in [5.41, 5.74) is -4.85. The first kappa shape index (κ1) is 69.4. The van der Waals surface area contributed by atoms with Crippen LogP contribution in [0, 0.1) is 30.6 Å². The summed E-state index contributed by atoms with van der Waals surface area (Å²) in [5, 5.41) is 25.5. The van der Waals surface area contributed by atoms with Gasteiger partial charge in [0.1, 0.15) is 53.1 Å². The Labute approximate surface area is 492 Å². The van der Waals surface area contributed by atoms with Crippen LogP contribution in [0.15, 0.2) is 10.7 Å². The number of amides is 10. The van der Waals surface area contributed by atoms with Crippen LogP contribution >= 0.6 is 0 Å². The fourth-order valence-corrected chi connectivity index (χ4v) is 11.1. The molecule has 2 saturated carbocycles. The Balaban J connectivity index is 1.41. The molecule has 0 spiro atoms. The van der Waals surface area contributed by atoms with Gasteiger partial charge in [-0.25, -0.2) is 4.98 Å². The first-order valence-corrected chi connectivity index (χ1v) is 30.3. The van der Waals surface area contributed by atoms with Crippen molar-refractivity contribution in [2.75, 3.05) is 33.7 Å². The summed E-state index contributed by atoms with van der Waals surface area (Å²) in [7, 11) is 3.91. The Kier molecular flexibility index (Phi) is 25.6. The van der Waals surface area contributed by atoms with E-state index in [1.807, 2.05) is 60.5 Å². The SMILES string of the molecule is Cc1nc(C(=O)N2CCC[C@H]2C(=O)N[C@@H](CCC2CCCCC2)C(=O)N[C@@H](CC(C)C)C(=O)NC(C)(C)C(=O)N[C@@H](CC(C)C)C(=O)N[C@@H](CC(C)C)C(=O)NC(C)(C)C(=O)NC(C)(C)C(=O)NCCC(=O)NC2(CN(C)C)CCC2)co1. The molecule has 83 heavy (non-hydrogen) atoms. The van der Waals surface area contributed by atoms with Crippen LogP contribution in [-0.4, -0.2) is 160 Å². The molecule has 0 bridgehead atoms. The summed E-state index contributed by atoms with van der Waals surface area (Å²) < 4.78 is 5.26. The van der Waals surface area contributed by atoms with Crippen molar-refractivity contribution in [3.8, 4) is 0 Å². The van der Waals surface area contributed by atoms with Gasteiger partial charge in [-0.05, 0) is 144 Å². The van der Waals surface area contributed by atoms with Gasteiger partial charge in [0.2, 0.25) is 53.2 Å². The van der Waals surface area contributed by atoms with Gasteiger partial charge in [-0.15, -0.1) is 0 Å². The lowest BCUT2D eigenvalue weighted by atomic mass is 9.76. The number of nitrogens with zero attached hydrogens (tertiary/aromatic N) is 3. The second-order valence-electron chi connectivity index (χ2n) is 26.8. The molecule has 23 heteroatoms. The Morgan fingerprint density at radius 2 is 1.16 bits per heavy atom. The van der Waals surface area contributed by atoms with Crippen LogP contribution < -0.4 is 47.9 Å². The lowest BCUT2D eigenvalue weighted by molar-refractivity contribution is -0.139. The zero-order valence-electron chi connectivity index (χ0n) is 52.5. The van der Waals surface area contributed by atoms with Crippen LogP contribution in [0.2, 0.25) is 0 Å². The molecule has 9 N–H and O–H groups in total. The van der Waals surface area contributed by atoms with E-state index in [1.165, 1.54) is 52.7 Å². The highest BCUT2D eigenvalue weighted by molar-refractivity contribution is 6.00. The molecule has 10 amide bonds. The van der Waals surface area contributed by atoms with E-state index in [0.717, 1.165) is 57.9 Å². The van der Waals surface area contributed by atoms with Crippen molar-refractivity contribution in [2.45, 2.75) is 245 Å². The monoisotopic (exact) mass is 1170 g/mol. The van der Waals surface area contributed by atoms with Crippen LogP contribution in [-0.2, 0) is 43.2 Å². The van der Waals surface area contributed by atoms with E-state index in [4.69, 9.17) is 4.42 Å². The number of rotatable bonds is 31. The number of aryl methyl sites for hydroxylation is 1. The highest BCUT2D eigenvalue weighted by Gasteiger charge is 2.43. The second-order valence-corrected chi connectivity index (χ2v) is 26.8. The Morgan fingerprint density at radius 3 is 1.65 bits per heavy atom. The highest BCUT2D eigenvalue weighted by Crippen LogP contribution is 2.32. The van der Waals surface area contributed by atoms with Crippen molar-refractivity contribution >= 4 is 59.1 Å². The van der Waals surface area contributed by atoms with Crippen molar-refractivity contribution in [3.05, 3.63) is 17.8 Å². The molecule has 5 atom stereocenters. The molecule has 3 fully saturated rings. The Morgan fingerprint density at radius 1 is 0.639 bits per heavy atom. The number of hydrogen-bond donors (Lipinski definition) is 9. The molecule has 1 aliphatic heterocycles. The number of nitrogens with one attached hydrogen (secondary N) is 9. The summed E-state index contributed by atoms with van der Waals surface area (Å²) >= 11 is 0. The lowest BCUT2D eigenvalue weighted by Crippen LogP contribution is -2.65. The number of likely N-dealkylation sites (tertiary alicyclic amines) is 1. The predicted octanol–water partition coefficient (Wildman–Crippen LogP) is 3.82. The van der Waals surface area contributed by atoms with Crippen molar-refractivity contribution in [2.24, 2.45) is 23.7 Å². The maximum Gasteiger partial charge on any atom is 0.276 e. The van der Waals surface area contributed by atoms with Gasteiger partial charge in [0, 0.05) is 33.0 Å². The smallest absolute Gasteiger partial charge is 0.276 e. The van der Waals surface area contributed by atoms with Gasteiger partial charge in [0.15, 0.2) is 11.6 Å². The zero-order valence-corrected chi connectivity index (χ0v) is 52.5. The van der Waals surface area contributed by atoms with E-state index in [1.54, 1.807) is 6.92 Å². The molecule has 3 aliphatic rings. The predicted molar refractivity (Wildman–Crippen MR) is 315 cm³/mol. The van der Waals surface area contributed by atoms with Gasteiger partial charge in [0.05, 0.1) is 5.54 Å². The molecular weight excluding hydrogens is 1060 g/mol. The molecule has 2 aliphatic carbocycles. The van der Waals surface area contributed by atoms with Crippen molar-refractivity contribution in [3.63, 3.8) is 0 Å². The molecule has 23 nitrogen and oxygen atoms in total. The molecule has 468 valence electrons. The number of hydrogen-bond acceptors (Lipinski definition) is 13. The lowest BCUT2D eigenvalue weighted by Gasteiger charge is -2.44. The quantitative estimate of drug-likeness (QED) is 0.0512. The minimum Gasteiger partial charge on any atom is -0.448 e. The highest BCUT2D eigenvalue weighted by atomic mass is 16.3. The summed E-state index contributed by atoms with van der Waals surface area (Å²) in [6, 6.07) is -5.34. The molecule has 0 radical (unpaired) electrons. The molecule has 1 aromatic rings. The van der Waals surface area contributed by atoms with Crippen molar-refractivity contribution in [1.82, 2.24) is 62.6 Å². The normalized spacial score (nSPS) is 18.1. The molecule has 0 aromatic carbocycles. The first-order chi connectivity index (χ1) is 38.6. The summed E-state index contributed by atoms with van der Waals surface area (Å²) in [4.78, 5) is 146. The first-order valence-electron chi connectivity index (χ1n) is 30.3. The average Bonchev–Trinajstić information content (AvgIpc) is 4.30. The third kappa shape index (κ3) is 21.5. The summed E-state index contributed by atoms with van der Waals surface area (Å²) in [6.45, 7) is 22.9. The standard InChI is InChI=1S/C60H102N12O11/c1-36(2)31-42(49(75)65-44(33-38(5)6)51(77)69-59(12,13)56(82)70-57(8,9)54(80)61-29-26-47(73)67-60(27-20-28-60)35-71(14)15)66-55(81)58(10,11)68-50(76)43(32-37(3)4)64-48(74)41(25-24-40-21-17-16-18-22-40)63-52(78)46-23-19-30-72(46)53(79)45-34-83-39(7)62-45/h34,36-38,40-44,46H,16-33,35H2,1-15H3,(H,61,80)(H,63,78)(H,64,74)(H,65,75)(H,66,81)(H,67,73)(H,68,76)(H,69,77)(H,70,82)/t41-,42-,43-,44-,46-/m0/s1. The average molecular weight is 1170 g/mol. The Bertz CT molecular complexity index is 2420. The van der Waals surface area contributed by atoms with Gasteiger partial charge >= 0.3 is 0 Å². The van der Waals surface area contributed by atoms with Gasteiger partial charge in [-0.1, -0.05) is 73.6 Å². The van der Waals surface area contributed by atoms with Crippen molar-refractivity contribution in [1.29, 1.82) is 0 Å². The van der Waals surface area contributed by atoms with E-state index < -0.39 is 100.0 Å². The van der Waals surface area contributed by atoms with E-state index in [2.05, 4.69) is 52.8 Å². The maximum atomic E-state index is 14.4. The van der Waals surface area contributed by atoms with Crippen LogP contribution in [0.3, 0.4) is 0 Å². The van der Waals surface area contributed by atoms with Crippen LogP contribution in [0.5, 0.6) is 0 Å². The number of aromatic nitrogens is 1. The fraction of sp³-hybridized carbons (Fsp3) is 0.783. The minimum absolute atomic E-state index is 0.0473.